The van der Waals surface area contributed by atoms with E-state index in [0.717, 1.165) is 27.8 Å². The zero-order chi connectivity index (χ0) is 20.5. The number of rotatable bonds is 6. The van der Waals surface area contributed by atoms with E-state index < -0.39 is 11.0 Å². The minimum atomic E-state index is -0.595. The van der Waals surface area contributed by atoms with E-state index in [1.165, 1.54) is 18.2 Å². The predicted octanol–water partition coefficient (Wildman–Crippen LogP) is 2.85. The molecule has 2 heterocycles. The summed E-state index contributed by atoms with van der Waals surface area (Å²) < 4.78 is 0. The fourth-order valence-corrected chi connectivity index (χ4v) is 3.77. The number of nitro benzene ring substituents is 1. The van der Waals surface area contributed by atoms with Gasteiger partial charge in [0, 0.05) is 35.8 Å². The third-order valence-electron chi connectivity index (χ3n) is 5.24. The van der Waals surface area contributed by atoms with Crippen molar-refractivity contribution in [1.82, 2.24) is 10.3 Å². The summed E-state index contributed by atoms with van der Waals surface area (Å²) in [7, 11) is 0. The molecule has 1 atom stereocenters. The molecular weight excluding hydrogens is 372 g/mol. The summed E-state index contributed by atoms with van der Waals surface area (Å²) in [5.74, 6) is -0.637. The molecule has 1 aliphatic rings. The van der Waals surface area contributed by atoms with Crippen LogP contribution in [0.2, 0.25) is 0 Å². The average Bonchev–Trinajstić information content (AvgIpc) is 3.23. The molecule has 1 saturated heterocycles. The van der Waals surface area contributed by atoms with Crippen LogP contribution in [0.15, 0.2) is 48.7 Å². The molecule has 8 heteroatoms. The van der Waals surface area contributed by atoms with Crippen LogP contribution >= 0.6 is 0 Å². The number of nitro groups is 1. The van der Waals surface area contributed by atoms with Crippen LogP contribution in [0.1, 0.15) is 17.5 Å². The number of carbonyl (C=O) groups is 2. The zero-order valence-corrected chi connectivity index (χ0v) is 15.8. The monoisotopic (exact) mass is 392 g/mol. The number of H-pyrrole nitrogens is 1. The minimum Gasteiger partial charge on any atom is -0.361 e. The number of hydrogen-bond acceptors (Lipinski definition) is 5. The molecule has 1 aromatic heterocycles. The molecule has 0 bridgehead atoms. The number of nitrogens with one attached hydrogen (secondary N) is 2. The van der Waals surface area contributed by atoms with E-state index in [1.807, 2.05) is 30.5 Å². The molecule has 148 valence electrons. The first kappa shape index (κ1) is 18.8. The second-order valence-electron chi connectivity index (χ2n) is 7.12. The van der Waals surface area contributed by atoms with Gasteiger partial charge in [0.15, 0.2) is 0 Å². The molecule has 4 rings (SSSR count). The van der Waals surface area contributed by atoms with Gasteiger partial charge in [-0.15, -0.1) is 0 Å². The fraction of sp³-hybridized carbons (Fsp3) is 0.238. The third kappa shape index (κ3) is 3.50. The van der Waals surface area contributed by atoms with Gasteiger partial charge in [-0.25, -0.2) is 4.90 Å². The molecule has 0 spiro atoms. The SMILES string of the molecule is Cc1cc([N+](=O)[O-])ccc1N1C(=O)C[C@@H](NCCc2c[nH]c3ccccc23)C1=O. The molecule has 1 fully saturated rings. The van der Waals surface area contributed by atoms with Gasteiger partial charge >= 0.3 is 0 Å². The van der Waals surface area contributed by atoms with Crippen LogP contribution in [0, 0.1) is 17.0 Å². The summed E-state index contributed by atoms with van der Waals surface area (Å²) in [4.78, 5) is 40.0. The average molecular weight is 392 g/mol. The number of aryl methyl sites for hydroxylation is 1. The van der Waals surface area contributed by atoms with Gasteiger partial charge in [0.1, 0.15) is 0 Å². The Balaban J connectivity index is 1.44. The largest absolute Gasteiger partial charge is 0.361 e. The van der Waals surface area contributed by atoms with Crippen molar-refractivity contribution < 1.29 is 14.5 Å². The number of non-ortho nitro benzene ring substituents is 1. The van der Waals surface area contributed by atoms with E-state index in [-0.39, 0.29) is 23.9 Å². The van der Waals surface area contributed by atoms with Crippen LogP contribution < -0.4 is 10.2 Å². The second-order valence-corrected chi connectivity index (χ2v) is 7.12. The predicted molar refractivity (Wildman–Crippen MR) is 109 cm³/mol. The number of fused-ring (bicyclic) bond motifs is 1. The summed E-state index contributed by atoms with van der Waals surface area (Å²) in [6.45, 7) is 2.21. The molecule has 8 nitrogen and oxygen atoms in total. The van der Waals surface area contributed by atoms with Crippen molar-refractivity contribution in [2.24, 2.45) is 0 Å². The van der Waals surface area contributed by atoms with Crippen LogP contribution in [0.3, 0.4) is 0 Å². The summed E-state index contributed by atoms with van der Waals surface area (Å²) in [6, 6.07) is 11.5. The van der Waals surface area contributed by atoms with Gasteiger partial charge in [0.2, 0.25) is 5.91 Å². The first-order valence-corrected chi connectivity index (χ1v) is 9.36. The van der Waals surface area contributed by atoms with Gasteiger partial charge in [0.05, 0.1) is 23.1 Å². The Hall–Kier alpha value is -3.52. The number of amides is 2. The second kappa shape index (κ2) is 7.48. The summed E-state index contributed by atoms with van der Waals surface area (Å²) in [5, 5.41) is 15.2. The van der Waals surface area contributed by atoms with Gasteiger partial charge < -0.3 is 10.3 Å². The highest BCUT2D eigenvalue weighted by Crippen LogP contribution is 2.29. The van der Waals surface area contributed by atoms with E-state index in [9.17, 15) is 19.7 Å². The zero-order valence-electron chi connectivity index (χ0n) is 15.8. The highest BCUT2D eigenvalue weighted by atomic mass is 16.6. The van der Waals surface area contributed by atoms with Crippen LogP contribution in [-0.2, 0) is 16.0 Å². The lowest BCUT2D eigenvalue weighted by Crippen LogP contribution is -2.39. The van der Waals surface area contributed by atoms with Crippen LogP contribution in [0.4, 0.5) is 11.4 Å². The van der Waals surface area contributed by atoms with Gasteiger partial charge in [-0.3, -0.25) is 19.7 Å². The fourth-order valence-electron chi connectivity index (χ4n) is 3.77. The van der Waals surface area contributed by atoms with E-state index in [4.69, 9.17) is 0 Å². The summed E-state index contributed by atoms with van der Waals surface area (Å²) in [5.41, 5.74) is 3.05. The molecule has 0 aliphatic carbocycles. The van der Waals surface area contributed by atoms with Crippen molar-refractivity contribution in [3.63, 3.8) is 0 Å². The Morgan fingerprint density at radius 2 is 2.03 bits per heavy atom. The standard InChI is InChI=1S/C21H20N4O4/c1-13-10-15(25(28)29)6-7-19(13)24-20(26)11-18(21(24)27)22-9-8-14-12-23-17-5-3-2-4-16(14)17/h2-7,10,12,18,22-23H,8-9,11H2,1H3/t18-/m1/s1. The van der Waals surface area contributed by atoms with Gasteiger partial charge in [-0.05, 0) is 36.6 Å². The number of aromatic nitrogens is 1. The van der Waals surface area contributed by atoms with Crippen molar-refractivity contribution in [1.29, 1.82) is 0 Å². The molecular formula is C21H20N4O4. The molecule has 0 unspecified atom stereocenters. The Labute approximate surface area is 166 Å². The maximum atomic E-state index is 12.8. The maximum Gasteiger partial charge on any atom is 0.269 e. The lowest BCUT2D eigenvalue weighted by Gasteiger charge is -2.17. The van der Waals surface area contributed by atoms with Gasteiger partial charge in [-0.2, -0.15) is 0 Å². The molecule has 1 aliphatic heterocycles. The van der Waals surface area contributed by atoms with Crippen LogP contribution in [-0.4, -0.2) is 34.3 Å². The quantitative estimate of drug-likeness (QED) is 0.381. The highest BCUT2D eigenvalue weighted by Gasteiger charge is 2.39. The molecule has 0 radical (unpaired) electrons. The van der Waals surface area contributed by atoms with E-state index in [0.29, 0.717) is 17.8 Å². The first-order valence-electron chi connectivity index (χ1n) is 9.36. The number of nitrogens with zero attached hydrogens (tertiary/aromatic N) is 2. The van der Waals surface area contributed by atoms with E-state index in [2.05, 4.69) is 10.3 Å². The number of hydrogen-bond donors (Lipinski definition) is 2. The lowest BCUT2D eigenvalue weighted by molar-refractivity contribution is -0.384. The summed E-state index contributed by atoms with van der Waals surface area (Å²) >= 11 is 0. The Kier molecular flexibility index (Phi) is 4.85. The number of carbonyl (C=O) groups excluding carboxylic acids is 2. The van der Waals surface area contributed by atoms with E-state index in [1.54, 1.807) is 6.92 Å². The summed E-state index contributed by atoms with van der Waals surface area (Å²) in [6.07, 6.45) is 2.75. The molecule has 2 N–H and O–H groups in total. The Bertz CT molecular complexity index is 1120. The number of para-hydroxylation sites is 1. The molecule has 3 aromatic rings. The topological polar surface area (TPSA) is 108 Å². The van der Waals surface area contributed by atoms with Crippen molar-refractivity contribution in [2.45, 2.75) is 25.8 Å². The molecule has 0 saturated carbocycles. The van der Waals surface area contributed by atoms with Gasteiger partial charge in [0.25, 0.3) is 11.6 Å². The number of aromatic amines is 1. The normalized spacial score (nSPS) is 16.7. The third-order valence-corrected chi connectivity index (χ3v) is 5.24. The minimum absolute atomic E-state index is 0.0706. The van der Waals surface area contributed by atoms with Crippen molar-refractivity contribution in [3.8, 4) is 0 Å². The van der Waals surface area contributed by atoms with Crippen molar-refractivity contribution in [3.05, 3.63) is 69.9 Å². The first-order chi connectivity index (χ1) is 14.0. The molecule has 2 aromatic carbocycles. The smallest absolute Gasteiger partial charge is 0.269 e. The lowest BCUT2D eigenvalue weighted by atomic mass is 10.1. The van der Waals surface area contributed by atoms with Crippen molar-refractivity contribution >= 4 is 34.1 Å². The number of benzene rings is 2. The number of anilines is 1. The maximum absolute atomic E-state index is 12.8. The highest BCUT2D eigenvalue weighted by molar-refractivity contribution is 6.22. The van der Waals surface area contributed by atoms with Gasteiger partial charge in [-0.1, -0.05) is 18.2 Å². The van der Waals surface area contributed by atoms with Crippen LogP contribution in [0.25, 0.3) is 10.9 Å². The Morgan fingerprint density at radius 1 is 1.24 bits per heavy atom. The number of imide groups is 1. The Morgan fingerprint density at radius 3 is 2.79 bits per heavy atom. The van der Waals surface area contributed by atoms with Crippen molar-refractivity contribution in [2.75, 3.05) is 11.4 Å². The molecule has 29 heavy (non-hydrogen) atoms. The molecule has 2 amide bonds. The van der Waals surface area contributed by atoms with Crippen LogP contribution in [0.5, 0.6) is 0 Å². The van der Waals surface area contributed by atoms with E-state index >= 15 is 0 Å².